The number of hydrogen-bond acceptors (Lipinski definition) is 6. The van der Waals surface area contributed by atoms with Gasteiger partial charge in [0.15, 0.2) is 11.5 Å². The van der Waals surface area contributed by atoms with Gasteiger partial charge in [-0.25, -0.2) is 0 Å². The highest BCUT2D eigenvalue weighted by atomic mass is 16.5. The number of phenols is 1. The van der Waals surface area contributed by atoms with Crippen molar-refractivity contribution >= 4 is 5.71 Å². The largest absolute Gasteiger partial charge is 0.504 e. The van der Waals surface area contributed by atoms with E-state index in [4.69, 9.17) is 9.84 Å². The molecular weight excluding hydrogens is 294 g/mol. The Balaban J connectivity index is 1.73. The van der Waals surface area contributed by atoms with E-state index in [1.807, 2.05) is 17.1 Å². The van der Waals surface area contributed by atoms with Crippen molar-refractivity contribution in [3.05, 3.63) is 23.8 Å². The average Bonchev–Trinajstić information content (AvgIpc) is 2.98. The summed E-state index contributed by atoms with van der Waals surface area (Å²) in [6.07, 6.45) is 2.38. The van der Waals surface area contributed by atoms with Gasteiger partial charge in [0.2, 0.25) is 0 Å². The number of aromatic hydroxyl groups is 1. The first kappa shape index (κ1) is 14.8. The van der Waals surface area contributed by atoms with Crippen LogP contribution >= 0.6 is 0 Å². The summed E-state index contributed by atoms with van der Waals surface area (Å²) in [7, 11) is 1.56. The number of aliphatic hydroxyl groups excluding tert-OH is 1. The number of ether oxygens (including phenoxy) is 1. The number of fused-ring (bicyclic) bond motifs is 2. The number of hydrogen-bond donors (Lipinski definition) is 2. The number of methoxy groups -OCH3 is 1. The Labute approximate surface area is 136 Å². The molecule has 6 nitrogen and oxygen atoms in total. The third kappa shape index (κ3) is 2.28. The fourth-order valence-corrected chi connectivity index (χ4v) is 4.30. The topological polar surface area (TPSA) is 68.5 Å². The zero-order chi connectivity index (χ0) is 16.0. The van der Waals surface area contributed by atoms with Gasteiger partial charge in [-0.05, 0) is 43.6 Å². The molecular formula is C17H23N3O3. The molecule has 2 atom stereocenters. The first-order valence-corrected chi connectivity index (χ1v) is 8.29. The van der Waals surface area contributed by atoms with E-state index in [0.717, 1.165) is 18.7 Å². The molecule has 2 unspecified atom stereocenters. The molecule has 0 spiro atoms. The van der Waals surface area contributed by atoms with Gasteiger partial charge < -0.3 is 14.9 Å². The van der Waals surface area contributed by atoms with Crippen LogP contribution in [0.25, 0.3) is 0 Å². The molecule has 1 aromatic carbocycles. The summed E-state index contributed by atoms with van der Waals surface area (Å²) < 4.78 is 5.27. The zero-order valence-corrected chi connectivity index (χ0v) is 13.4. The van der Waals surface area contributed by atoms with Crippen molar-refractivity contribution in [2.45, 2.75) is 24.9 Å². The van der Waals surface area contributed by atoms with Crippen molar-refractivity contribution in [3.8, 4) is 11.5 Å². The van der Waals surface area contributed by atoms with E-state index in [2.05, 4.69) is 4.90 Å². The third-order valence-corrected chi connectivity index (χ3v) is 5.38. The second kappa shape index (κ2) is 5.69. The van der Waals surface area contributed by atoms with Gasteiger partial charge in [-0.1, -0.05) is 6.07 Å². The van der Waals surface area contributed by atoms with Gasteiger partial charge in [0.1, 0.15) is 0 Å². The highest BCUT2D eigenvalue weighted by Gasteiger charge is 2.49. The minimum absolute atomic E-state index is 0.0785. The van der Waals surface area contributed by atoms with Crippen LogP contribution in [0.3, 0.4) is 0 Å². The second-order valence-electron chi connectivity index (χ2n) is 6.54. The van der Waals surface area contributed by atoms with Crippen molar-refractivity contribution in [2.75, 3.05) is 33.4 Å². The number of aliphatic hydroxyl groups is 1. The predicted molar refractivity (Wildman–Crippen MR) is 86.7 cm³/mol. The molecule has 0 amide bonds. The minimum atomic E-state index is 0.0785. The summed E-state index contributed by atoms with van der Waals surface area (Å²) in [5.74, 6) is 1.21. The van der Waals surface area contributed by atoms with Gasteiger partial charge >= 0.3 is 0 Å². The first-order chi connectivity index (χ1) is 11.2. The maximum atomic E-state index is 9.87. The molecule has 4 aliphatic rings. The van der Waals surface area contributed by atoms with Crippen LogP contribution in [0.4, 0.5) is 0 Å². The van der Waals surface area contributed by atoms with Gasteiger partial charge in [-0.3, -0.25) is 9.91 Å². The van der Waals surface area contributed by atoms with E-state index in [1.54, 1.807) is 13.2 Å². The molecule has 4 aliphatic heterocycles. The molecule has 0 saturated carbocycles. The fourth-order valence-electron chi connectivity index (χ4n) is 4.30. The number of hydrazone groups is 1. The van der Waals surface area contributed by atoms with E-state index in [1.165, 1.54) is 18.6 Å². The summed E-state index contributed by atoms with van der Waals surface area (Å²) in [6, 6.07) is 5.87. The minimum Gasteiger partial charge on any atom is -0.504 e. The molecule has 124 valence electrons. The highest BCUT2D eigenvalue weighted by Crippen LogP contribution is 2.44. The van der Waals surface area contributed by atoms with Crippen molar-refractivity contribution in [3.63, 3.8) is 0 Å². The number of phenolic OH excluding ortho intramolecular Hbond substituents is 1. The maximum absolute atomic E-state index is 9.87. The van der Waals surface area contributed by atoms with Crippen LogP contribution in [-0.2, 0) is 0 Å². The Morgan fingerprint density at radius 3 is 2.74 bits per heavy atom. The van der Waals surface area contributed by atoms with Gasteiger partial charge in [0, 0.05) is 5.92 Å². The normalized spacial score (nSPS) is 31.9. The molecule has 2 bridgehead atoms. The van der Waals surface area contributed by atoms with Crippen LogP contribution in [0.5, 0.6) is 11.5 Å². The molecule has 3 saturated heterocycles. The fraction of sp³-hybridized carbons (Fsp3) is 0.588. The van der Waals surface area contributed by atoms with Crippen LogP contribution < -0.4 is 4.74 Å². The quantitative estimate of drug-likeness (QED) is 0.873. The number of β-amino-alcohol motifs (C(OH)–C–C–N with tert-alkyl or cyclic N) is 1. The lowest BCUT2D eigenvalue weighted by molar-refractivity contribution is 0.0873. The highest BCUT2D eigenvalue weighted by molar-refractivity contribution is 5.95. The Morgan fingerprint density at radius 1 is 1.26 bits per heavy atom. The summed E-state index contributed by atoms with van der Waals surface area (Å²) in [6.45, 7) is 2.84. The molecule has 3 fully saturated rings. The molecule has 0 radical (unpaired) electrons. The number of nitrogens with zero attached hydrogens (tertiary/aromatic N) is 3. The molecule has 23 heavy (non-hydrogen) atoms. The molecule has 2 N–H and O–H groups in total. The van der Waals surface area contributed by atoms with E-state index in [9.17, 15) is 10.2 Å². The molecule has 0 aliphatic carbocycles. The molecule has 4 heterocycles. The van der Waals surface area contributed by atoms with Gasteiger partial charge in [0.05, 0.1) is 38.1 Å². The summed E-state index contributed by atoms with van der Waals surface area (Å²) in [5, 5.41) is 26.2. The third-order valence-electron chi connectivity index (χ3n) is 5.38. The lowest BCUT2D eigenvalue weighted by Gasteiger charge is -2.46. The van der Waals surface area contributed by atoms with Crippen LogP contribution in [0, 0.1) is 5.92 Å². The van der Waals surface area contributed by atoms with E-state index in [0.29, 0.717) is 18.2 Å². The Morgan fingerprint density at radius 2 is 2.04 bits per heavy atom. The summed E-state index contributed by atoms with van der Waals surface area (Å²) >= 11 is 0. The van der Waals surface area contributed by atoms with Gasteiger partial charge in [-0.15, -0.1) is 0 Å². The first-order valence-electron chi connectivity index (χ1n) is 8.29. The molecule has 1 aromatic rings. The maximum Gasteiger partial charge on any atom is 0.160 e. The monoisotopic (exact) mass is 317 g/mol. The smallest absolute Gasteiger partial charge is 0.160 e. The molecule has 5 rings (SSSR count). The van der Waals surface area contributed by atoms with Crippen LogP contribution in [0.15, 0.2) is 23.3 Å². The van der Waals surface area contributed by atoms with Crippen molar-refractivity contribution in [2.24, 2.45) is 11.0 Å². The Kier molecular flexibility index (Phi) is 3.66. The predicted octanol–water partition coefficient (Wildman–Crippen LogP) is 1.20. The molecule has 6 heteroatoms. The van der Waals surface area contributed by atoms with E-state index >= 15 is 0 Å². The van der Waals surface area contributed by atoms with Crippen LogP contribution in [0.1, 0.15) is 24.4 Å². The summed E-state index contributed by atoms with van der Waals surface area (Å²) in [5.41, 5.74) is 2.34. The lowest BCUT2D eigenvalue weighted by atomic mass is 9.78. The Hall–Kier alpha value is -1.79. The van der Waals surface area contributed by atoms with Gasteiger partial charge in [-0.2, -0.15) is 5.10 Å². The van der Waals surface area contributed by atoms with Crippen molar-refractivity contribution in [1.29, 1.82) is 0 Å². The van der Waals surface area contributed by atoms with Crippen LogP contribution in [-0.4, -0.2) is 65.2 Å². The van der Waals surface area contributed by atoms with Crippen LogP contribution in [0.2, 0.25) is 0 Å². The van der Waals surface area contributed by atoms with Crippen molar-refractivity contribution < 1.29 is 14.9 Å². The lowest BCUT2D eigenvalue weighted by Crippen LogP contribution is -2.56. The standard InChI is InChI=1S/C17H23N3O3/c1-23-14-10-12(2-3-13(14)22)16-17-15(18-20(16)8-9-21)11-4-6-19(17)7-5-11/h2-3,10-11,16-17,21-22H,4-9H2,1H3. The molecule has 0 aromatic heterocycles. The Bertz CT molecular complexity index is 626. The second-order valence-corrected chi connectivity index (χ2v) is 6.54. The number of benzene rings is 1. The van der Waals surface area contributed by atoms with Crippen molar-refractivity contribution in [1.82, 2.24) is 9.91 Å². The summed E-state index contributed by atoms with van der Waals surface area (Å²) in [4.78, 5) is 2.51. The SMILES string of the molecule is COc1cc(C2C3C(=NN2CCO)C2CCN3CC2)ccc1O. The van der Waals surface area contributed by atoms with E-state index < -0.39 is 0 Å². The number of piperidine rings is 3. The number of rotatable bonds is 4. The van der Waals surface area contributed by atoms with Gasteiger partial charge in [0.25, 0.3) is 0 Å². The van der Waals surface area contributed by atoms with E-state index in [-0.39, 0.29) is 24.4 Å². The zero-order valence-electron chi connectivity index (χ0n) is 13.4. The average molecular weight is 317 g/mol.